The summed E-state index contributed by atoms with van der Waals surface area (Å²) in [6, 6.07) is 33.3. The van der Waals surface area contributed by atoms with E-state index in [-0.39, 0.29) is 23.9 Å². The number of fused-ring (bicyclic) bond motifs is 7. The SMILES string of the molecule is C=C/C=C\C(C)C1N=C(/C=C/CC(C=C)C2C=CC=CC2)N=C(C2=CC(c3ccccc3)=C(n3c4ccccc4c4ccc5c6ccccc6sc5c43)C(C(C=C)CC=C)C2)N1. The Morgan fingerprint density at radius 1 is 0.839 bits per heavy atom. The molecule has 0 amide bonds. The summed E-state index contributed by atoms with van der Waals surface area (Å²) in [6.45, 7) is 19.1. The molecule has 9 rings (SSSR count). The average molecular weight is 827 g/mol. The van der Waals surface area contributed by atoms with Gasteiger partial charge in [0.05, 0.1) is 15.7 Å². The lowest BCUT2D eigenvalue weighted by Crippen LogP contribution is -2.43. The van der Waals surface area contributed by atoms with Crippen molar-refractivity contribution in [1.82, 2.24) is 9.88 Å². The van der Waals surface area contributed by atoms with Gasteiger partial charge in [-0.2, -0.15) is 0 Å². The third-order valence-electron chi connectivity index (χ3n) is 12.8. The molecule has 4 nitrogen and oxygen atoms in total. The van der Waals surface area contributed by atoms with Crippen LogP contribution in [-0.2, 0) is 0 Å². The van der Waals surface area contributed by atoms with Crippen molar-refractivity contribution in [2.75, 3.05) is 0 Å². The number of aromatic nitrogens is 1. The van der Waals surface area contributed by atoms with E-state index in [1.165, 1.54) is 53.2 Å². The van der Waals surface area contributed by atoms with E-state index in [1.807, 2.05) is 29.6 Å². The maximum Gasteiger partial charge on any atom is 0.151 e. The first-order chi connectivity index (χ1) is 30.5. The van der Waals surface area contributed by atoms with Gasteiger partial charge in [-0.3, -0.25) is 0 Å². The quantitative estimate of drug-likeness (QED) is 0.0813. The largest absolute Gasteiger partial charge is 0.348 e. The predicted octanol–water partition coefficient (Wildman–Crippen LogP) is 14.8. The molecule has 3 aliphatic rings. The van der Waals surface area contributed by atoms with Crippen LogP contribution >= 0.6 is 11.3 Å². The number of hydrogen-bond donors (Lipinski definition) is 1. The van der Waals surface area contributed by atoms with E-state index in [2.05, 4.69) is 195 Å². The van der Waals surface area contributed by atoms with Crippen molar-refractivity contribution < 1.29 is 0 Å². The molecular weight excluding hydrogens is 773 g/mol. The molecule has 6 atom stereocenters. The van der Waals surface area contributed by atoms with Gasteiger partial charge >= 0.3 is 0 Å². The summed E-state index contributed by atoms with van der Waals surface area (Å²) >= 11 is 1.89. The monoisotopic (exact) mass is 826 g/mol. The van der Waals surface area contributed by atoms with Crippen LogP contribution in [0.3, 0.4) is 0 Å². The van der Waals surface area contributed by atoms with Gasteiger partial charge in [-0.05, 0) is 78.9 Å². The van der Waals surface area contributed by atoms with Gasteiger partial charge in [0.25, 0.3) is 0 Å². The zero-order chi connectivity index (χ0) is 42.6. The molecule has 1 aliphatic heterocycles. The molecule has 0 bridgehead atoms. The highest BCUT2D eigenvalue weighted by molar-refractivity contribution is 7.26. The summed E-state index contributed by atoms with van der Waals surface area (Å²) in [7, 11) is 0. The van der Waals surface area contributed by atoms with Crippen LogP contribution in [0.15, 0.2) is 212 Å². The normalized spacial score (nSPS) is 20.7. The van der Waals surface area contributed by atoms with E-state index in [0.29, 0.717) is 11.8 Å². The maximum atomic E-state index is 5.33. The smallest absolute Gasteiger partial charge is 0.151 e. The van der Waals surface area contributed by atoms with Crippen molar-refractivity contribution in [3.8, 4) is 0 Å². The molecule has 0 saturated carbocycles. The summed E-state index contributed by atoms with van der Waals surface area (Å²) in [5.74, 6) is 2.57. The molecular formula is C57H54N4S. The third kappa shape index (κ3) is 7.78. The fourth-order valence-electron chi connectivity index (χ4n) is 9.63. The summed E-state index contributed by atoms with van der Waals surface area (Å²) < 4.78 is 5.20. The standard InChI is InChI=1S/C57H54N4S/c1-6-10-23-38(5)56-58-52(33-21-28-39(8-3)41-24-13-11-14-25-41)59-57(60-56)43-36-48(40(9-4)22-7-2)53(49(37-43)42-26-15-12-16-27-42)61-50-31-19-17-29-44(50)46-34-35-47-45-30-18-20-32-51(45)62-55(47)54(46)61/h6-21,23-24,26-27,29-35,37-41,48,56H,1-4,22,25,28,36H2,5H3,(H,58,59,60)/b23-10-,33-21+. The van der Waals surface area contributed by atoms with Crippen LogP contribution in [0.2, 0.25) is 0 Å². The van der Waals surface area contributed by atoms with E-state index in [9.17, 15) is 0 Å². The van der Waals surface area contributed by atoms with Gasteiger partial charge in [-0.25, -0.2) is 9.98 Å². The summed E-state index contributed by atoms with van der Waals surface area (Å²) in [6.07, 6.45) is 31.0. The number of hydrogen-bond acceptors (Lipinski definition) is 4. The van der Waals surface area contributed by atoms with Crippen molar-refractivity contribution >= 4 is 76.3 Å². The Morgan fingerprint density at radius 2 is 1.61 bits per heavy atom. The second-order valence-corrected chi connectivity index (χ2v) is 17.7. The Kier molecular flexibility index (Phi) is 12.0. The minimum Gasteiger partial charge on any atom is -0.348 e. The van der Waals surface area contributed by atoms with E-state index in [1.54, 1.807) is 0 Å². The fourth-order valence-corrected chi connectivity index (χ4v) is 10.9. The first-order valence-corrected chi connectivity index (χ1v) is 22.7. The number of allylic oxidation sites excluding steroid dienone is 13. The minimum absolute atomic E-state index is 0.0363. The van der Waals surface area contributed by atoms with Crippen LogP contribution in [-0.4, -0.2) is 22.4 Å². The molecule has 5 heteroatoms. The second-order valence-electron chi connectivity index (χ2n) is 16.6. The Hall–Kier alpha value is -6.56. The van der Waals surface area contributed by atoms with Gasteiger partial charge in [-0.1, -0.05) is 159 Å². The first kappa shape index (κ1) is 40.8. The maximum absolute atomic E-state index is 5.33. The molecule has 6 unspecified atom stereocenters. The molecule has 4 aromatic carbocycles. The topological polar surface area (TPSA) is 41.7 Å². The van der Waals surface area contributed by atoms with Gasteiger partial charge in [0.15, 0.2) is 5.84 Å². The fraction of sp³-hybridized carbons (Fsp3) is 0.193. The van der Waals surface area contributed by atoms with Gasteiger partial charge < -0.3 is 9.88 Å². The zero-order valence-electron chi connectivity index (χ0n) is 35.5. The molecule has 0 saturated heterocycles. The van der Waals surface area contributed by atoms with Crippen LogP contribution in [0.1, 0.15) is 38.2 Å². The van der Waals surface area contributed by atoms with Crippen LogP contribution in [0.5, 0.6) is 0 Å². The Balaban J connectivity index is 1.26. The van der Waals surface area contributed by atoms with E-state index in [0.717, 1.165) is 48.5 Å². The summed E-state index contributed by atoms with van der Waals surface area (Å²) in [5.41, 5.74) is 7.21. The van der Waals surface area contributed by atoms with Crippen molar-refractivity contribution in [1.29, 1.82) is 0 Å². The number of thiophene rings is 1. The molecule has 308 valence electrons. The number of nitrogens with zero attached hydrogens (tertiary/aromatic N) is 3. The second kappa shape index (κ2) is 18.2. The Bertz CT molecular complexity index is 2960. The highest BCUT2D eigenvalue weighted by atomic mass is 32.1. The number of amidine groups is 2. The third-order valence-corrected chi connectivity index (χ3v) is 14.0. The van der Waals surface area contributed by atoms with E-state index < -0.39 is 0 Å². The van der Waals surface area contributed by atoms with Gasteiger partial charge in [0, 0.05) is 49.4 Å². The lowest BCUT2D eigenvalue weighted by molar-refractivity contribution is 0.475. The predicted molar refractivity (Wildman–Crippen MR) is 271 cm³/mol. The molecule has 0 fully saturated rings. The average Bonchev–Trinajstić information content (AvgIpc) is 3.87. The van der Waals surface area contributed by atoms with E-state index >= 15 is 0 Å². The molecule has 3 heterocycles. The number of nitrogens with one attached hydrogen (secondary N) is 1. The van der Waals surface area contributed by atoms with Gasteiger partial charge in [-0.15, -0.1) is 31.1 Å². The van der Waals surface area contributed by atoms with Crippen LogP contribution < -0.4 is 5.32 Å². The van der Waals surface area contributed by atoms with Crippen LogP contribution in [0.25, 0.3) is 53.2 Å². The Morgan fingerprint density at radius 3 is 2.39 bits per heavy atom. The highest BCUT2D eigenvalue weighted by Crippen LogP contribution is 2.49. The molecule has 62 heavy (non-hydrogen) atoms. The number of para-hydroxylation sites is 1. The minimum atomic E-state index is -0.216. The number of benzene rings is 4. The molecule has 0 spiro atoms. The van der Waals surface area contributed by atoms with Crippen molar-refractivity contribution in [2.45, 2.75) is 38.8 Å². The lowest BCUT2D eigenvalue weighted by Gasteiger charge is -2.36. The Labute approximate surface area is 370 Å². The molecule has 0 radical (unpaired) electrons. The lowest BCUT2D eigenvalue weighted by atomic mass is 9.75. The summed E-state index contributed by atoms with van der Waals surface area (Å²) in [4.78, 5) is 10.5. The zero-order valence-corrected chi connectivity index (χ0v) is 36.4. The van der Waals surface area contributed by atoms with Crippen molar-refractivity contribution in [2.24, 2.45) is 39.6 Å². The molecule has 2 aromatic heterocycles. The van der Waals surface area contributed by atoms with Gasteiger partial charge in [0.1, 0.15) is 12.0 Å². The van der Waals surface area contributed by atoms with Crippen LogP contribution in [0, 0.1) is 29.6 Å². The highest BCUT2D eigenvalue weighted by Gasteiger charge is 2.35. The van der Waals surface area contributed by atoms with Crippen molar-refractivity contribution in [3.05, 3.63) is 207 Å². The molecule has 1 N–H and O–H groups in total. The van der Waals surface area contributed by atoms with E-state index in [4.69, 9.17) is 9.98 Å². The first-order valence-electron chi connectivity index (χ1n) is 21.9. The van der Waals surface area contributed by atoms with Crippen molar-refractivity contribution in [3.63, 3.8) is 0 Å². The number of rotatable bonds is 15. The van der Waals surface area contributed by atoms with Crippen LogP contribution in [0.4, 0.5) is 0 Å². The molecule has 2 aliphatic carbocycles. The van der Waals surface area contributed by atoms with Gasteiger partial charge in [0.2, 0.25) is 0 Å². The summed E-state index contributed by atoms with van der Waals surface area (Å²) in [5, 5.41) is 8.92. The number of aliphatic imine (C=N–C) groups is 2. The molecule has 6 aromatic rings.